The highest BCUT2D eigenvalue weighted by molar-refractivity contribution is 4.78. The van der Waals surface area contributed by atoms with Gasteiger partial charge < -0.3 is 5.32 Å². The van der Waals surface area contributed by atoms with Crippen LogP contribution in [0.5, 0.6) is 0 Å². The van der Waals surface area contributed by atoms with E-state index in [9.17, 15) is 0 Å². The fourth-order valence-corrected chi connectivity index (χ4v) is 1.49. The van der Waals surface area contributed by atoms with Crippen LogP contribution in [0.25, 0.3) is 0 Å². The van der Waals surface area contributed by atoms with E-state index in [0.717, 1.165) is 12.1 Å². The number of rotatable bonds is 4. The molecule has 1 aliphatic rings. The van der Waals surface area contributed by atoms with Crippen molar-refractivity contribution in [3.63, 3.8) is 0 Å². The van der Waals surface area contributed by atoms with Crippen molar-refractivity contribution in [2.75, 3.05) is 0 Å². The molecule has 10 heavy (non-hydrogen) atoms. The summed E-state index contributed by atoms with van der Waals surface area (Å²) >= 11 is 0. The molecule has 1 N–H and O–H groups in total. The average molecular weight is 141 g/mol. The Kier molecular flexibility index (Phi) is 3.20. The molecule has 0 amide bonds. The number of nitrogens with one attached hydrogen (secondary N) is 1. The van der Waals surface area contributed by atoms with Gasteiger partial charge in [-0.05, 0) is 26.2 Å². The minimum Gasteiger partial charge on any atom is -0.312 e. The van der Waals surface area contributed by atoms with Crippen molar-refractivity contribution in [2.24, 2.45) is 0 Å². The van der Waals surface area contributed by atoms with Crippen LogP contribution in [-0.4, -0.2) is 12.1 Å². The second-order valence-corrected chi connectivity index (χ2v) is 3.48. The summed E-state index contributed by atoms with van der Waals surface area (Å²) in [6.07, 6.45) is 6.90. The lowest BCUT2D eigenvalue weighted by atomic mass is 9.92. The molecule has 0 bridgehead atoms. The fourth-order valence-electron chi connectivity index (χ4n) is 1.49. The van der Waals surface area contributed by atoms with Crippen molar-refractivity contribution in [1.29, 1.82) is 0 Å². The van der Waals surface area contributed by atoms with E-state index in [0.29, 0.717) is 0 Å². The Balaban J connectivity index is 1.99. The van der Waals surface area contributed by atoms with Crippen LogP contribution in [-0.2, 0) is 0 Å². The van der Waals surface area contributed by atoms with E-state index < -0.39 is 0 Å². The summed E-state index contributed by atoms with van der Waals surface area (Å²) in [7, 11) is 0. The summed E-state index contributed by atoms with van der Waals surface area (Å²) in [6.45, 7) is 4.54. The summed E-state index contributed by atoms with van der Waals surface area (Å²) in [5, 5.41) is 3.62. The van der Waals surface area contributed by atoms with Crippen molar-refractivity contribution in [1.82, 2.24) is 5.32 Å². The summed E-state index contributed by atoms with van der Waals surface area (Å²) in [4.78, 5) is 0. The Morgan fingerprint density at radius 1 is 1.50 bits per heavy atom. The molecule has 0 radical (unpaired) electrons. The molecule has 1 aliphatic carbocycles. The number of hydrogen-bond donors (Lipinski definition) is 1. The molecular weight excluding hydrogens is 122 g/mol. The van der Waals surface area contributed by atoms with Gasteiger partial charge in [0.15, 0.2) is 0 Å². The van der Waals surface area contributed by atoms with Gasteiger partial charge in [0.25, 0.3) is 0 Å². The van der Waals surface area contributed by atoms with Gasteiger partial charge in [-0.2, -0.15) is 0 Å². The van der Waals surface area contributed by atoms with Crippen LogP contribution >= 0.6 is 0 Å². The molecule has 1 atom stereocenters. The van der Waals surface area contributed by atoms with E-state index in [4.69, 9.17) is 0 Å². The monoisotopic (exact) mass is 141 g/mol. The van der Waals surface area contributed by atoms with Gasteiger partial charge in [0.2, 0.25) is 0 Å². The largest absolute Gasteiger partial charge is 0.312 e. The Hall–Kier alpha value is -0.0400. The van der Waals surface area contributed by atoms with Gasteiger partial charge in [-0.25, -0.2) is 0 Å². The Morgan fingerprint density at radius 2 is 2.20 bits per heavy atom. The van der Waals surface area contributed by atoms with Crippen molar-refractivity contribution >= 4 is 0 Å². The molecule has 1 unspecified atom stereocenters. The van der Waals surface area contributed by atoms with Crippen LogP contribution in [0.15, 0.2) is 0 Å². The maximum absolute atomic E-state index is 3.62. The van der Waals surface area contributed by atoms with Crippen LogP contribution in [0.1, 0.15) is 46.0 Å². The summed E-state index contributed by atoms with van der Waals surface area (Å²) in [6, 6.07) is 1.61. The van der Waals surface area contributed by atoms with Gasteiger partial charge in [0.1, 0.15) is 0 Å². The SMILES string of the molecule is CCCC(C)NC1CCC1. The maximum atomic E-state index is 3.62. The molecule has 0 aromatic heterocycles. The van der Waals surface area contributed by atoms with Crippen LogP contribution in [0.2, 0.25) is 0 Å². The lowest BCUT2D eigenvalue weighted by Crippen LogP contribution is -2.40. The van der Waals surface area contributed by atoms with Gasteiger partial charge >= 0.3 is 0 Å². The molecule has 1 saturated carbocycles. The third-order valence-corrected chi connectivity index (χ3v) is 2.35. The molecule has 0 heterocycles. The Bertz CT molecular complexity index is 86.7. The zero-order chi connectivity index (χ0) is 7.40. The van der Waals surface area contributed by atoms with Gasteiger partial charge in [-0.15, -0.1) is 0 Å². The van der Waals surface area contributed by atoms with Crippen LogP contribution in [0, 0.1) is 0 Å². The Labute approximate surface area is 64.2 Å². The number of hydrogen-bond acceptors (Lipinski definition) is 1. The van der Waals surface area contributed by atoms with Crippen LogP contribution in [0.4, 0.5) is 0 Å². The standard InChI is InChI=1S/C9H19N/c1-3-5-8(2)10-9-6-4-7-9/h8-10H,3-7H2,1-2H3. The van der Waals surface area contributed by atoms with E-state index >= 15 is 0 Å². The first-order valence-electron chi connectivity index (χ1n) is 4.59. The first-order valence-corrected chi connectivity index (χ1v) is 4.59. The molecule has 1 fully saturated rings. The zero-order valence-electron chi connectivity index (χ0n) is 7.19. The molecule has 0 saturated heterocycles. The third kappa shape index (κ3) is 2.30. The summed E-state index contributed by atoms with van der Waals surface area (Å²) in [5.74, 6) is 0. The molecule has 0 aliphatic heterocycles. The molecule has 60 valence electrons. The first-order chi connectivity index (χ1) is 4.83. The van der Waals surface area contributed by atoms with E-state index in [2.05, 4.69) is 19.2 Å². The van der Waals surface area contributed by atoms with E-state index in [1.807, 2.05) is 0 Å². The van der Waals surface area contributed by atoms with Crippen molar-refractivity contribution in [3.05, 3.63) is 0 Å². The normalized spacial score (nSPS) is 22.2. The highest BCUT2D eigenvalue weighted by atomic mass is 15.0. The van der Waals surface area contributed by atoms with Gasteiger partial charge in [-0.3, -0.25) is 0 Å². The quantitative estimate of drug-likeness (QED) is 0.633. The fraction of sp³-hybridized carbons (Fsp3) is 1.00. The van der Waals surface area contributed by atoms with E-state index in [-0.39, 0.29) is 0 Å². The lowest BCUT2D eigenvalue weighted by molar-refractivity contribution is 0.304. The Morgan fingerprint density at radius 3 is 2.60 bits per heavy atom. The predicted molar refractivity (Wildman–Crippen MR) is 45.1 cm³/mol. The van der Waals surface area contributed by atoms with Gasteiger partial charge in [0, 0.05) is 12.1 Å². The minimum absolute atomic E-state index is 0.746. The molecule has 0 aromatic carbocycles. The summed E-state index contributed by atoms with van der Waals surface area (Å²) in [5.41, 5.74) is 0. The molecular formula is C9H19N. The van der Waals surface area contributed by atoms with Crippen LogP contribution in [0.3, 0.4) is 0 Å². The van der Waals surface area contributed by atoms with Crippen molar-refractivity contribution < 1.29 is 0 Å². The molecule has 1 heteroatoms. The van der Waals surface area contributed by atoms with Crippen molar-refractivity contribution in [2.45, 2.75) is 58.0 Å². The smallest absolute Gasteiger partial charge is 0.00695 e. The maximum Gasteiger partial charge on any atom is 0.00695 e. The highest BCUT2D eigenvalue weighted by Crippen LogP contribution is 2.18. The lowest BCUT2D eigenvalue weighted by Gasteiger charge is -2.29. The molecule has 1 nitrogen and oxygen atoms in total. The van der Waals surface area contributed by atoms with Crippen LogP contribution < -0.4 is 5.32 Å². The van der Waals surface area contributed by atoms with Gasteiger partial charge in [0.05, 0.1) is 0 Å². The molecule has 0 spiro atoms. The van der Waals surface area contributed by atoms with E-state index in [1.165, 1.54) is 32.1 Å². The van der Waals surface area contributed by atoms with Crippen molar-refractivity contribution in [3.8, 4) is 0 Å². The van der Waals surface area contributed by atoms with Gasteiger partial charge in [-0.1, -0.05) is 19.8 Å². The van der Waals surface area contributed by atoms with E-state index in [1.54, 1.807) is 0 Å². The second-order valence-electron chi connectivity index (χ2n) is 3.48. The second kappa shape index (κ2) is 3.97. The highest BCUT2D eigenvalue weighted by Gasteiger charge is 2.17. The average Bonchev–Trinajstić information content (AvgIpc) is 1.80. The predicted octanol–water partition coefficient (Wildman–Crippen LogP) is 2.32. The zero-order valence-corrected chi connectivity index (χ0v) is 7.19. The third-order valence-electron chi connectivity index (χ3n) is 2.35. The molecule has 1 rings (SSSR count). The summed E-state index contributed by atoms with van der Waals surface area (Å²) < 4.78 is 0. The first kappa shape index (κ1) is 8.06. The minimum atomic E-state index is 0.746. The molecule has 0 aromatic rings. The topological polar surface area (TPSA) is 12.0 Å².